The Morgan fingerprint density at radius 3 is 2.45 bits per heavy atom. The van der Waals surface area contributed by atoms with Gasteiger partial charge in [-0.15, -0.1) is 0 Å². The second-order valence-corrected chi connectivity index (χ2v) is 9.24. The maximum atomic E-state index is 13.3. The number of anilines is 1. The van der Waals surface area contributed by atoms with Crippen molar-refractivity contribution < 1.29 is 26.3 Å². The van der Waals surface area contributed by atoms with Crippen LogP contribution in [0, 0.1) is 13.8 Å². The molecule has 1 aliphatic heterocycles. The van der Waals surface area contributed by atoms with Gasteiger partial charge in [0.05, 0.1) is 22.7 Å². The lowest BCUT2D eigenvalue weighted by atomic mass is 9.96. The predicted octanol–water partition coefficient (Wildman–Crippen LogP) is 5.58. The highest BCUT2D eigenvalue weighted by Gasteiger charge is 2.34. The van der Waals surface area contributed by atoms with Gasteiger partial charge in [0.2, 0.25) is 0 Å². The van der Waals surface area contributed by atoms with Crippen LogP contribution in [0.3, 0.4) is 0 Å². The van der Waals surface area contributed by atoms with Crippen LogP contribution in [0.25, 0.3) is 11.1 Å². The van der Waals surface area contributed by atoms with Gasteiger partial charge in [0.25, 0.3) is 10.0 Å². The number of hydrogen-bond acceptors (Lipinski definition) is 3. The Hall–Kier alpha value is -3.00. The summed E-state index contributed by atoms with van der Waals surface area (Å²) in [6, 6.07) is 14.9. The molecule has 162 valence electrons. The van der Waals surface area contributed by atoms with Gasteiger partial charge < -0.3 is 4.74 Å². The molecule has 0 saturated carbocycles. The second-order valence-electron chi connectivity index (χ2n) is 7.38. The van der Waals surface area contributed by atoms with Gasteiger partial charge in [0.1, 0.15) is 12.4 Å². The summed E-state index contributed by atoms with van der Waals surface area (Å²) >= 11 is 0. The van der Waals surface area contributed by atoms with Crippen LogP contribution in [0.2, 0.25) is 0 Å². The van der Waals surface area contributed by atoms with E-state index in [0.29, 0.717) is 17.5 Å². The van der Waals surface area contributed by atoms with E-state index in [1.165, 1.54) is 6.07 Å². The lowest BCUT2D eigenvalue weighted by Gasteiger charge is -2.31. The van der Waals surface area contributed by atoms with E-state index >= 15 is 0 Å². The average Bonchev–Trinajstić information content (AvgIpc) is 2.74. The number of ether oxygens (including phenoxy) is 1. The molecule has 4 rings (SSSR count). The zero-order chi connectivity index (χ0) is 22.4. The van der Waals surface area contributed by atoms with Crippen molar-refractivity contribution in [3.05, 3.63) is 77.4 Å². The summed E-state index contributed by atoms with van der Waals surface area (Å²) in [5.41, 5.74) is 3.21. The Morgan fingerprint density at radius 2 is 1.71 bits per heavy atom. The summed E-state index contributed by atoms with van der Waals surface area (Å²) in [5, 5.41) is 0. The number of aryl methyl sites for hydroxylation is 1. The topological polar surface area (TPSA) is 46.6 Å². The van der Waals surface area contributed by atoms with E-state index in [1.807, 2.05) is 38.1 Å². The number of fused-ring (bicyclic) bond motifs is 1. The lowest BCUT2D eigenvalue weighted by molar-refractivity contribution is -0.137. The van der Waals surface area contributed by atoms with Crippen molar-refractivity contribution >= 4 is 15.7 Å². The molecule has 1 aliphatic rings. The van der Waals surface area contributed by atoms with Crippen molar-refractivity contribution in [3.8, 4) is 16.9 Å². The summed E-state index contributed by atoms with van der Waals surface area (Å²) in [6.07, 6.45) is -4.63. The molecule has 0 atom stereocenters. The van der Waals surface area contributed by atoms with E-state index in [0.717, 1.165) is 38.7 Å². The monoisotopic (exact) mass is 447 g/mol. The molecule has 0 N–H and O–H groups in total. The molecule has 3 aromatic rings. The van der Waals surface area contributed by atoms with Gasteiger partial charge in [0, 0.05) is 0 Å². The molecule has 31 heavy (non-hydrogen) atoms. The normalized spacial score (nSPS) is 14.2. The molecule has 8 heteroatoms. The van der Waals surface area contributed by atoms with Gasteiger partial charge in [-0.1, -0.05) is 30.3 Å². The highest BCUT2D eigenvalue weighted by atomic mass is 32.2. The Balaban J connectivity index is 1.82. The summed E-state index contributed by atoms with van der Waals surface area (Å²) in [7, 11) is -4.22. The van der Waals surface area contributed by atoms with E-state index in [2.05, 4.69) is 0 Å². The molecule has 1 heterocycles. The lowest BCUT2D eigenvalue weighted by Crippen LogP contribution is -2.38. The first-order valence-corrected chi connectivity index (χ1v) is 11.1. The second kappa shape index (κ2) is 7.60. The summed E-state index contributed by atoms with van der Waals surface area (Å²) in [5.74, 6) is 0.371. The smallest absolute Gasteiger partial charge is 0.416 e. The maximum absolute atomic E-state index is 13.3. The van der Waals surface area contributed by atoms with Gasteiger partial charge in [-0.25, -0.2) is 8.42 Å². The highest BCUT2D eigenvalue weighted by Crippen LogP contribution is 2.40. The first-order chi connectivity index (χ1) is 14.6. The minimum atomic E-state index is -4.63. The summed E-state index contributed by atoms with van der Waals surface area (Å²) in [6.45, 7) is 4.08. The molecular weight excluding hydrogens is 427 g/mol. The predicted molar refractivity (Wildman–Crippen MR) is 113 cm³/mol. The van der Waals surface area contributed by atoms with Crippen molar-refractivity contribution in [2.45, 2.75) is 24.9 Å². The maximum Gasteiger partial charge on any atom is 0.416 e. The van der Waals surface area contributed by atoms with Crippen molar-refractivity contribution in [1.29, 1.82) is 0 Å². The summed E-state index contributed by atoms with van der Waals surface area (Å²) in [4.78, 5) is -0.410. The molecule has 3 aromatic carbocycles. The van der Waals surface area contributed by atoms with Crippen molar-refractivity contribution in [1.82, 2.24) is 0 Å². The molecule has 0 aliphatic carbocycles. The molecular formula is C23H20F3NO3S. The van der Waals surface area contributed by atoms with E-state index in [1.54, 1.807) is 12.1 Å². The van der Waals surface area contributed by atoms with Crippen molar-refractivity contribution in [2.24, 2.45) is 0 Å². The number of hydrogen-bond donors (Lipinski definition) is 0. The van der Waals surface area contributed by atoms with Crippen LogP contribution in [-0.2, 0) is 16.2 Å². The third kappa shape index (κ3) is 3.87. The molecule has 0 saturated heterocycles. The van der Waals surface area contributed by atoms with E-state index in [4.69, 9.17) is 4.74 Å². The van der Waals surface area contributed by atoms with Crippen molar-refractivity contribution in [2.75, 3.05) is 17.5 Å². The van der Waals surface area contributed by atoms with Crippen LogP contribution >= 0.6 is 0 Å². The summed E-state index contributed by atoms with van der Waals surface area (Å²) < 4.78 is 72.7. The molecule has 0 radical (unpaired) electrons. The van der Waals surface area contributed by atoms with Crippen LogP contribution < -0.4 is 9.04 Å². The fourth-order valence-corrected chi connectivity index (χ4v) is 5.13. The number of benzene rings is 3. The zero-order valence-corrected chi connectivity index (χ0v) is 17.7. The first-order valence-electron chi connectivity index (χ1n) is 9.62. The molecule has 0 unspecified atom stereocenters. The molecule has 0 fully saturated rings. The Kier molecular flexibility index (Phi) is 5.21. The Bertz CT molecular complexity index is 1250. The Morgan fingerprint density at radius 1 is 0.968 bits per heavy atom. The zero-order valence-electron chi connectivity index (χ0n) is 16.9. The highest BCUT2D eigenvalue weighted by molar-refractivity contribution is 7.92. The fourth-order valence-electron chi connectivity index (χ4n) is 3.63. The Labute approximate surface area is 178 Å². The van der Waals surface area contributed by atoms with Crippen LogP contribution in [0.5, 0.6) is 5.75 Å². The van der Waals surface area contributed by atoms with Gasteiger partial charge in [-0.05, 0) is 66.4 Å². The molecule has 0 amide bonds. The van der Waals surface area contributed by atoms with Crippen LogP contribution in [-0.4, -0.2) is 21.6 Å². The number of alkyl halides is 3. The van der Waals surface area contributed by atoms with Gasteiger partial charge in [-0.3, -0.25) is 4.31 Å². The van der Waals surface area contributed by atoms with Gasteiger partial charge in [0.15, 0.2) is 0 Å². The largest absolute Gasteiger partial charge is 0.489 e. The fraction of sp³-hybridized carbons (Fsp3) is 0.217. The third-order valence-electron chi connectivity index (χ3n) is 5.44. The van der Waals surface area contributed by atoms with Gasteiger partial charge in [-0.2, -0.15) is 13.2 Å². The number of sulfonamides is 1. The number of rotatable bonds is 3. The van der Waals surface area contributed by atoms with E-state index in [-0.39, 0.29) is 13.2 Å². The molecule has 0 aromatic heterocycles. The van der Waals surface area contributed by atoms with Gasteiger partial charge >= 0.3 is 6.18 Å². The number of halogens is 3. The number of nitrogens with zero attached hydrogens (tertiary/aromatic N) is 1. The third-order valence-corrected chi connectivity index (χ3v) is 7.25. The van der Waals surface area contributed by atoms with Crippen molar-refractivity contribution in [3.63, 3.8) is 0 Å². The minimum absolute atomic E-state index is 0.00182. The first kappa shape index (κ1) is 21.2. The van der Waals surface area contributed by atoms with E-state index < -0.39 is 26.7 Å². The standard InChI is InChI=1S/C23H20F3NO3S/c1-15-5-3-8-20(16(15)2)17-9-10-22-21(13-17)27(11-12-30-22)31(28,29)19-7-4-6-18(14-19)23(24,25)26/h3-10,13-14H,11-12H2,1-2H3. The van der Waals surface area contributed by atoms with Crippen LogP contribution in [0.4, 0.5) is 18.9 Å². The SMILES string of the molecule is Cc1cccc(-c2ccc3c(c2)N(S(=O)(=O)c2cccc(C(F)(F)F)c2)CCO3)c1C. The van der Waals surface area contributed by atoms with Crippen LogP contribution in [0.15, 0.2) is 65.6 Å². The molecule has 0 bridgehead atoms. The van der Waals surface area contributed by atoms with E-state index in [9.17, 15) is 21.6 Å². The molecule has 4 nitrogen and oxygen atoms in total. The minimum Gasteiger partial charge on any atom is -0.489 e. The quantitative estimate of drug-likeness (QED) is 0.527. The van der Waals surface area contributed by atoms with Crippen LogP contribution in [0.1, 0.15) is 16.7 Å². The average molecular weight is 447 g/mol. The molecule has 0 spiro atoms.